The summed E-state index contributed by atoms with van der Waals surface area (Å²) in [5, 5.41) is 7.46. The standard InChI is InChI=1S/C25H34N4O5/c1-16-21(11-12-22(30)33-6)17(2)29(27-16)20-9-7-18(8-10-20)23(31)28-14-13-19(15-28)26-24(32)34-25(3,4)5/h7-10,19H,11-15H2,1-6H3,(H,26,32). The van der Waals surface area contributed by atoms with Gasteiger partial charge in [-0.25, -0.2) is 9.48 Å². The lowest BCUT2D eigenvalue weighted by molar-refractivity contribution is -0.140. The quantitative estimate of drug-likeness (QED) is 0.650. The van der Waals surface area contributed by atoms with E-state index in [-0.39, 0.29) is 17.9 Å². The number of likely N-dealkylation sites (tertiary alicyclic amines) is 1. The topological polar surface area (TPSA) is 103 Å². The summed E-state index contributed by atoms with van der Waals surface area (Å²) < 4.78 is 11.9. The third-order valence-corrected chi connectivity index (χ3v) is 5.80. The predicted octanol–water partition coefficient (Wildman–Crippen LogP) is 3.33. The first-order valence-corrected chi connectivity index (χ1v) is 11.5. The van der Waals surface area contributed by atoms with E-state index in [4.69, 9.17) is 9.47 Å². The summed E-state index contributed by atoms with van der Waals surface area (Å²) in [6, 6.07) is 7.18. The molecule has 1 atom stereocenters. The molecule has 2 aromatic rings. The first kappa shape index (κ1) is 25.3. The molecule has 1 saturated heterocycles. The number of aryl methyl sites for hydroxylation is 1. The van der Waals surface area contributed by atoms with Gasteiger partial charge in [0.2, 0.25) is 0 Å². The van der Waals surface area contributed by atoms with Gasteiger partial charge in [-0.1, -0.05) is 0 Å². The summed E-state index contributed by atoms with van der Waals surface area (Å²) in [7, 11) is 1.38. The highest BCUT2D eigenvalue weighted by atomic mass is 16.6. The second kappa shape index (κ2) is 10.3. The fourth-order valence-corrected chi connectivity index (χ4v) is 4.08. The molecule has 1 aliphatic rings. The van der Waals surface area contributed by atoms with Crippen LogP contribution in [0.2, 0.25) is 0 Å². The maximum atomic E-state index is 13.0. The van der Waals surface area contributed by atoms with E-state index < -0.39 is 11.7 Å². The van der Waals surface area contributed by atoms with Gasteiger partial charge in [0.1, 0.15) is 5.60 Å². The Hall–Kier alpha value is -3.36. The number of nitrogens with zero attached hydrogens (tertiary/aromatic N) is 3. The van der Waals surface area contributed by atoms with Gasteiger partial charge in [0.05, 0.1) is 24.5 Å². The average Bonchev–Trinajstić information content (AvgIpc) is 3.34. The number of carbonyl (C=O) groups excluding carboxylic acids is 3. The van der Waals surface area contributed by atoms with E-state index in [1.165, 1.54) is 7.11 Å². The molecule has 0 bridgehead atoms. The summed E-state index contributed by atoms with van der Waals surface area (Å²) in [5.74, 6) is -0.327. The van der Waals surface area contributed by atoms with Crippen molar-refractivity contribution >= 4 is 18.0 Å². The molecule has 184 valence electrons. The number of benzene rings is 1. The van der Waals surface area contributed by atoms with Gasteiger partial charge in [-0.05, 0) is 77.3 Å². The molecule has 0 saturated carbocycles. The minimum absolute atomic E-state index is 0.0767. The summed E-state index contributed by atoms with van der Waals surface area (Å²) in [5.41, 5.74) is 3.69. The number of nitrogens with one attached hydrogen (secondary N) is 1. The van der Waals surface area contributed by atoms with Crippen molar-refractivity contribution < 1.29 is 23.9 Å². The van der Waals surface area contributed by atoms with Crippen molar-refractivity contribution in [3.05, 3.63) is 46.8 Å². The maximum Gasteiger partial charge on any atom is 0.407 e. The van der Waals surface area contributed by atoms with Crippen molar-refractivity contribution in [2.24, 2.45) is 0 Å². The van der Waals surface area contributed by atoms with Crippen molar-refractivity contribution in [3.8, 4) is 5.69 Å². The Balaban J connectivity index is 1.63. The van der Waals surface area contributed by atoms with Crippen molar-refractivity contribution in [3.63, 3.8) is 0 Å². The Bertz CT molecular complexity index is 1050. The zero-order chi connectivity index (χ0) is 25.0. The van der Waals surface area contributed by atoms with Crippen LogP contribution in [-0.4, -0.2) is 64.5 Å². The number of ether oxygens (including phenoxy) is 2. The molecule has 34 heavy (non-hydrogen) atoms. The molecule has 9 nitrogen and oxygen atoms in total. The molecule has 2 heterocycles. The third kappa shape index (κ3) is 6.15. The van der Waals surface area contributed by atoms with Crippen LogP contribution >= 0.6 is 0 Å². The first-order valence-electron chi connectivity index (χ1n) is 11.5. The van der Waals surface area contributed by atoms with Gasteiger partial charge in [-0.3, -0.25) is 9.59 Å². The van der Waals surface area contributed by atoms with Crippen molar-refractivity contribution in [1.82, 2.24) is 20.0 Å². The van der Waals surface area contributed by atoms with Crippen LogP contribution in [0, 0.1) is 13.8 Å². The molecule has 1 aliphatic heterocycles. The number of hydrogen-bond acceptors (Lipinski definition) is 6. The predicted molar refractivity (Wildman–Crippen MR) is 127 cm³/mol. The second-order valence-electron chi connectivity index (χ2n) is 9.57. The van der Waals surface area contributed by atoms with Crippen LogP contribution in [0.3, 0.4) is 0 Å². The fraction of sp³-hybridized carbons (Fsp3) is 0.520. The number of aromatic nitrogens is 2. The number of carbonyl (C=O) groups is 3. The highest BCUT2D eigenvalue weighted by molar-refractivity contribution is 5.94. The number of methoxy groups -OCH3 is 1. The van der Waals surface area contributed by atoms with E-state index in [1.807, 2.05) is 51.4 Å². The lowest BCUT2D eigenvalue weighted by Crippen LogP contribution is -2.41. The van der Waals surface area contributed by atoms with E-state index in [9.17, 15) is 14.4 Å². The zero-order valence-electron chi connectivity index (χ0n) is 20.8. The monoisotopic (exact) mass is 470 g/mol. The smallest absolute Gasteiger partial charge is 0.407 e. The minimum atomic E-state index is -0.562. The van der Waals surface area contributed by atoms with E-state index in [0.717, 1.165) is 22.6 Å². The number of rotatable bonds is 6. The second-order valence-corrected chi connectivity index (χ2v) is 9.57. The van der Waals surface area contributed by atoms with Crippen LogP contribution in [-0.2, 0) is 20.7 Å². The van der Waals surface area contributed by atoms with Gasteiger partial charge in [0.15, 0.2) is 0 Å². The van der Waals surface area contributed by atoms with E-state index in [1.54, 1.807) is 17.0 Å². The fourth-order valence-electron chi connectivity index (χ4n) is 4.08. The average molecular weight is 471 g/mol. The highest BCUT2D eigenvalue weighted by Crippen LogP contribution is 2.21. The summed E-state index contributed by atoms with van der Waals surface area (Å²) >= 11 is 0. The normalized spacial score (nSPS) is 15.8. The number of alkyl carbamates (subject to hydrolysis) is 1. The molecule has 0 aliphatic carbocycles. The Morgan fingerprint density at radius 1 is 1.15 bits per heavy atom. The van der Waals surface area contributed by atoms with Gasteiger partial charge in [-0.2, -0.15) is 5.10 Å². The SMILES string of the molecule is COC(=O)CCc1c(C)nn(-c2ccc(C(=O)N3CCC(NC(=O)OC(C)(C)C)C3)cc2)c1C. The minimum Gasteiger partial charge on any atom is -0.469 e. The molecule has 0 spiro atoms. The lowest BCUT2D eigenvalue weighted by atomic mass is 10.1. The van der Waals surface area contributed by atoms with Crippen LogP contribution in [0.4, 0.5) is 4.79 Å². The number of esters is 1. The van der Waals surface area contributed by atoms with Crippen molar-refractivity contribution in [2.45, 2.75) is 65.5 Å². The Labute approximate surface area is 200 Å². The summed E-state index contributed by atoms with van der Waals surface area (Å²) in [6.45, 7) is 10.3. The van der Waals surface area contributed by atoms with Crippen LogP contribution in [0.15, 0.2) is 24.3 Å². The van der Waals surface area contributed by atoms with Gasteiger partial charge in [0, 0.05) is 30.8 Å². The van der Waals surface area contributed by atoms with E-state index >= 15 is 0 Å². The van der Waals surface area contributed by atoms with Crippen LogP contribution < -0.4 is 5.32 Å². The zero-order valence-corrected chi connectivity index (χ0v) is 20.8. The van der Waals surface area contributed by atoms with E-state index in [0.29, 0.717) is 37.9 Å². The van der Waals surface area contributed by atoms with Crippen LogP contribution in [0.5, 0.6) is 0 Å². The van der Waals surface area contributed by atoms with Gasteiger partial charge in [-0.15, -0.1) is 0 Å². The first-order chi connectivity index (χ1) is 16.0. The van der Waals surface area contributed by atoms with Gasteiger partial charge in [0.25, 0.3) is 5.91 Å². The molecule has 9 heteroatoms. The number of hydrogen-bond donors (Lipinski definition) is 1. The highest BCUT2D eigenvalue weighted by Gasteiger charge is 2.29. The van der Waals surface area contributed by atoms with Crippen LogP contribution in [0.1, 0.15) is 60.9 Å². The van der Waals surface area contributed by atoms with Crippen LogP contribution in [0.25, 0.3) is 5.69 Å². The van der Waals surface area contributed by atoms with Gasteiger partial charge < -0.3 is 19.7 Å². The Kier molecular flexibility index (Phi) is 7.64. The molecule has 1 unspecified atom stereocenters. The molecular formula is C25H34N4O5. The Morgan fingerprint density at radius 3 is 2.44 bits per heavy atom. The molecule has 0 radical (unpaired) electrons. The molecule has 1 aromatic heterocycles. The summed E-state index contributed by atoms with van der Waals surface area (Å²) in [6.07, 6.45) is 1.08. The molecule has 3 rings (SSSR count). The van der Waals surface area contributed by atoms with Gasteiger partial charge >= 0.3 is 12.1 Å². The Morgan fingerprint density at radius 2 is 1.82 bits per heavy atom. The molecule has 1 aromatic carbocycles. The van der Waals surface area contributed by atoms with E-state index in [2.05, 4.69) is 10.4 Å². The molecule has 1 fully saturated rings. The lowest BCUT2D eigenvalue weighted by Gasteiger charge is -2.22. The van der Waals surface area contributed by atoms with Crippen molar-refractivity contribution in [1.29, 1.82) is 0 Å². The molecule has 1 N–H and O–H groups in total. The van der Waals surface area contributed by atoms with Crippen molar-refractivity contribution in [2.75, 3.05) is 20.2 Å². The maximum absolute atomic E-state index is 13.0. The third-order valence-electron chi connectivity index (χ3n) is 5.80. The molecular weight excluding hydrogens is 436 g/mol. The molecule has 2 amide bonds. The largest absolute Gasteiger partial charge is 0.469 e. The summed E-state index contributed by atoms with van der Waals surface area (Å²) in [4.78, 5) is 38.2. The number of amides is 2.